The minimum absolute atomic E-state index is 0.418. The summed E-state index contributed by atoms with van der Waals surface area (Å²) in [4.78, 5) is 13.8. The minimum atomic E-state index is 0.418. The second kappa shape index (κ2) is 5.26. The highest BCUT2D eigenvalue weighted by atomic mass is 79.9. The zero-order chi connectivity index (χ0) is 13.4. The fraction of sp³-hybridized carbons (Fsp3) is 0.500. The van der Waals surface area contributed by atoms with Gasteiger partial charge in [-0.2, -0.15) is 0 Å². The Hall–Kier alpha value is -0.850. The smallest absolute Gasteiger partial charge is 0.180 e. The van der Waals surface area contributed by atoms with Crippen LogP contribution in [0.5, 0.6) is 0 Å². The summed E-state index contributed by atoms with van der Waals surface area (Å²) < 4.78 is 2.80. The lowest BCUT2D eigenvalue weighted by Crippen LogP contribution is -2.45. The lowest BCUT2D eigenvalue weighted by Gasteiger charge is -2.33. The molecule has 7 heteroatoms. The topological polar surface area (TPSA) is 36.7 Å². The van der Waals surface area contributed by atoms with Crippen LogP contribution < -0.4 is 4.90 Å². The van der Waals surface area contributed by atoms with Crippen LogP contribution in [0.4, 0.5) is 5.82 Å². The molecule has 3 rings (SSSR count). The van der Waals surface area contributed by atoms with Gasteiger partial charge in [0.25, 0.3) is 0 Å². The first-order valence-electron chi connectivity index (χ1n) is 6.21. The second-order valence-electron chi connectivity index (χ2n) is 4.77. The number of likely N-dealkylation sites (N-methyl/N-ethyl adjacent to an activating group) is 1. The average molecular weight is 345 g/mol. The van der Waals surface area contributed by atoms with Gasteiger partial charge in [-0.1, -0.05) is 0 Å². The average Bonchev–Trinajstić information content (AvgIpc) is 2.81. The van der Waals surface area contributed by atoms with E-state index in [-0.39, 0.29) is 0 Å². The Bertz CT molecular complexity index is 591. The Morgan fingerprint density at radius 3 is 2.63 bits per heavy atom. The number of piperazine rings is 1. The number of halogens is 2. The molecule has 1 aliphatic rings. The van der Waals surface area contributed by atoms with Crippen molar-refractivity contribution in [2.75, 3.05) is 38.1 Å². The molecule has 0 amide bonds. The fourth-order valence-electron chi connectivity index (χ4n) is 2.30. The summed E-state index contributed by atoms with van der Waals surface area (Å²) in [5.41, 5.74) is 1.75. The maximum atomic E-state index is 5.87. The lowest BCUT2D eigenvalue weighted by molar-refractivity contribution is 0.312. The summed E-state index contributed by atoms with van der Waals surface area (Å²) >= 11 is 9.33. The van der Waals surface area contributed by atoms with Gasteiger partial charge in [-0.15, -0.1) is 11.6 Å². The predicted molar refractivity (Wildman–Crippen MR) is 80.0 cm³/mol. The van der Waals surface area contributed by atoms with E-state index in [1.807, 2.05) is 16.8 Å². The Labute approximate surface area is 125 Å². The van der Waals surface area contributed by atoms with Gasteiger partial charge in [-0.25, -0.2) is 9.97 Å². The molecule has 0 atom stereocenters. The highest BCUT2D eigenvalue weighted by Gasteiger charge is 2.19. The number of aromatic nitrogens is 3. The standard InChI is InChI=1S/C12H15BrClN5/c1-17-2-4-18(5-3-17)12-11-15-9(6-14)7-19(11)8-10(13)16-12/h7-8H,2-6H2,1H3. The van der Waals surface area contributed by atoms with Crippen LogP contribution in [0.3, 0.4) is 0 Å². The fourth-order valence-corrected chi connectivity index (χ4v) is 2.82. The maximum absolute atomic E-state index is 5.87. The Morgan fingerprint density at radius 1 is 1.21 bits per heavy atom. The summed E-state index contributed by atoms with van der Waals surface area (Å²) in [6.07, 6.45) is 3.87. The first kappa shape index (κ1) is 13.1. The molecule has 0 unspecified atom stereocenters. The summed E-state index contributed by atoms with van der Waals surface area (Å²) in [6.45, 7) is 4.03. The van der Waals surface area contributed by atoms with E-state index in [1.54, 1.807) is 0 Å². The van der Waals surface area contributed by atoms with E-state index in [4.69, 9.17) is 11.6 Å². The summed E-state index contributed by atoms with van der Waals surface area (Å²) in [6, 6.07) is 0. The Morgan fingerprint density at radius 2 is 1.95 bits per heavy atom. The van der Waals surface area contributed by atoms with Gasteiger partial charge in [0.2, 0.25) is 0 Å². The van der Waals surface area contributed by atoms with Crippen molar-refractivity contribution in [3.8, 4) is 0 Å². The molecule has 19 heavy (non-hydrogen) atoms. The molecule has 0 saturated carbocycles. The van der Waals surface area contributed by atoms with Gasteiger partial charge in [0.15, 0.2) is 11.5 Å². The van der Waals surface area contributed by atoms with Crippen LogP contribution in [-0.2, 0) is 5.88 Å². The number of alkyl halides is 1. The van der Waals surface area contributed by atoms with Crippen LogP contribution in [0.1, 0.15) is 5.69 Å². The molecule has 0 N–H and O–H groups in total. The molecule has 1 saturated heterocycles. The largest absolute Gasteiger partial charge is 0.351 e. The van der Waals surface area contributed by atoms with E-state index in [0.717, 1.165) is 47.9 Å². The van der Waals surface area contributed by atoms with E-state index in [2.05, 4.69) is 42.7 Å². The van der Waals surface area contributed by atoms with Crippen LogP contribution >= 0.6 is 27.5 Å². The molecule has 5 nitrogen and oxygen atoms in total. The van der Waals surface area contributed by atoms with Gasteiger partial charge in [0.1, 0.15) is 4.60 Å². The molecule has 1 aliphatic heterocycles. The molecule has 1 fully saturated rings. The molecule has 0 spiro atoms. The highest BCUT2D eigenvalue weighted by molar-refractivity contribution is 9.10. The molecule has 0 radical (unpaired) electrons. The Balaban J connectivity index is 2.03. The number of hydrogen-bond donors (Lipinski definition) is 0. The first-order chi connectivity index (χ1) is 9.17. The molecule has 0 bridgehead atoms. The van der Waals surface area contributed by atoms with E-state index >= 15 is 0 Å². The third kappa shape index (κ3) is 2.57. The predicted octanol–water partition coefficient (Wildman–Crippen LogP) is 1.98. The summed E-state index contributed by atoms with van der Waals surface area (Å²) in [5, 5.41) is 0. The highest BCUT2D eigenvalue weighted by Crippen LogP contribution is 2.23. The molecule has 2 aromatic rings. The van der Waals surface area contributed by atoms with Crippen LogP contribution in [0.25, 0.3) is 5.65 Å². The van der Waals surface area contributed by atoms with Crippen molar-refractivity contribution in [3.05, 3.63) is 22.7 Å². The van der Waals surface area contributed by atoms with E-state index < -0.39 is 0 Å². The van der Waals surface area contributed by atoms with Crippen LogP contribution in [0.2, 0.25) is 0 Å². The zero-order valence-corrected chi connectivity index (χ0v) is 13.0. The van der Waals surface area contributed by atoms with Crippen molar-refractivity contribution in [2.45, 2.75) is 5.88 Å². The van der Waals surface area contributed by atoms with Crippen molar-refractivity contribution in [1.29, 1.82) is 0 Å². The first-order valence-corrected chi connectivity index (χ1v) is 7.53. The number of anilines is 1. The van der Waals surface area contributed by atoms with Crippen LogP contribution in [0.15, 0.2) is 17.0 Å². The van der Waals surface area contributed by atoms with Crippen molar-refractivity contribution in [3.63, 3.8) is 0 Å². The normalized spacial score (nSPS) is 17.3. The van der Waals surface area contributed by atoms with Crippen molar-refractivity contribution in [1.82, 2.24) is 19.3 Å². The molecule has 3 heterocycles. The van der Waals surface area contributed by atoms with E-state index in [9.17, 15) is 0 Å². The third-order valence-electron chi connectivity index (χ3n) is 3.38. The van der Waals surface area contributed by atoms with Crippen molar-refractivity contribution in [2.24, 2.45) is 0 Å². The minimum Gasteiger partial charge on any atom is -0.351 e. The number of rotatable bonds is 2. The van der Waals surface area contributed by atoms with Gasteiger partial charge in [0.05, 0.1) is 11.6 Å². The van der Waals surface area contributed by atoms with Gasteiger partial charge in [0, 0.05) is 38.6 Å². The molecule has 102 valence electrons. The zero-order valence-electron chi connectivity index (χ0n) is 10.7. The molecule has 2 aromatic heterocycles. The number of nitrogens with zero attached hydrogens (tertiary/aromatic N) is 5. The van der Waals surface area contributed by atoms with Gasteiger partial charge in [-0.05, 0) is 23.0 Å². The Kier molecular flexibility index (Phi) is 3.64. The second-order valence-corrected chi connectivity index (χ2v) is 5.85. The monoisotopic (exact) mass is 343 g/mol. The van der Waals surface area contributed by atoms with Crippen molar-refractivity contribution < 1.29 is 0 Å². The SMILES string of the molecule is CN1CCN(c2nc(Br)cn3cc(CCl)nc23)CC1. The number of fused-ring (bicyclic) bond motifs is 1. The maximum Gasteiger partial charge on any atom is 0.180 e. The molecular formula is C12H15BrClN5. The lowest BCUT2D eigenvalue weighted by atomic mass is 10.3. The van der Waals surface area contributed by atoms with Gasteiger partial charge >= 0.3 is 0 Å². The van der Waals surface area contributed by atoms with E-state index in [1.165, 1.54) is 0 Å². The summed E-state index contributed by atoms with van der Waals surface area (Å²) in [5.74, 6) is 1.35. The van der Waals surface area contributed by atoms with Gasteiger partial charge < -0.3 is 14.2 Å². The number of hydrogen-bond acceptors (Lipinski definition) is 4. The van der Waals surface area contributed by atoms with Crippen LogP contribution in [-0.4, -0.2) is 52.5 Å². The number of imidazole rings is 1. The summed E-state index contributed by atoms with van der Waals surface area (Å²) in [7, 11) is 2.14. The van der Waals surface area contributed by atoms with Crippen molar-refractivity contribution >= 4 is 39.0 Å². The van der Waals surface area contributed by atoms with E-state index in [0.29, 0.717) is 5.88 Å². The third-order valence-corrected chi connectivity index (χ3v) is 4.04. The molecular weight excluding hydrogens is 330 g/mol. The molecule has 0 aliphatic carbocycles. The van der Waals surface area contributed by atoms with Crippen LogP contribution in [0, 0.1) is 0 Å². The quantitative estimate of drug-likeness (QED) is 0.781. The van der Waals surface area contributed by atoms with Gasteiger partial charge in [-0.3, -0.25) is 0 Å². The molecule has 0 aromatic carbocycles.